The largest absolute Gasteiger partial charge is 0.309 e. The van der Waals surface area contributed by atoms with Crippen LogP contribution in [-0.4, -0.2) is 50.1 Å². The Hall–Kier alpha value is -0.0800. The van der Waals surface area contributed by atoms with Gasteiger partial charge in [-0.3, -0.25) is 0 Å². The molecular weight excluding hydrogens is 184 g/mol. The summed E-state index contributed by atoms with van der Waals surface area (Å²) in [5.41, 5.74) is 0. The average molecular weight is 212 g/mol. The third kappa shape index (κ3) is 4.52. The van der Waals surface area contributed by atoms with Crippen LogP contribution in [-0.2, 0) is 0 Å². The van der Waals surface area contributed by atoms with Gasteiger partial charge in [0, 0.05) is 6.54 Å². The van der Waals surface area contributed by atoms with Gasteiger partial charge in [0.2, 0.25) is 0 Å². The fraction of sp³-hybridized carbons (Fsp3) is 1.00. The van der Waals surface area contributed by atoms with Gasteiger partial charge in [-0.15, -0.1) is 0 Å². The summed E-state index contributed by atoms with van der Waals surface area (Å²) in [7, 11) is 4.37. The summed E-state index contributed by atoms with van der Waals surface area (Å²) < 4.78 is 0. The zero-order chi connectivity index (χ0) is 11.3. The van der Waals surface area contributed by atoms with E-state index in [0.29, 0.717) is 0 Å². The fourth-order valence-electron chi connectivity index (χ4n) is 2.68. The van der Waals surface area contributed by atoms with Gasteiger partial charge in [0.05, 0.1) is 0 Å². The molecule has 0 amide bonds. The molecule has 0 heterocycles. The maximum absolute atomic E-state index is 2.54. The van der Waals surface area contributed by atoms with Crippen LogP contribution in [0.25, 0.3) is 0 Å². The SMILES string of the molecule is CCN(CC)CCC1CC(CN(C)C)C1. The van der Waals surface area contributed by atoms with Crippen molar-refractivity contribution in [3.8, 4) is 0 Å². The van der Waals surface area contributed by atoms with E-state index in [0.717, 1.165) is 11.8 Å². The zero-order valence-corrected chi connectivity index (χ0v) is 11.0. The Bertz CT molecular complexity index is 158. The minimum atomic E-state index is 0.988. The third-order valence-corrected chi connectivity index (χ3v) is 3.70. The average Bonchev–Trinajstić information content (AvgIpc) is 2.14. The van der Waals surface area contributed by atoms with Crippen molar-refractivity contribution in [1.29, 1.82) is 0 Å². The van der Waals surface area contributed by atoms with Crippen molar-refractivity contribution in [2.24, 2.45) is 11.8 Å². The van der Waals surface area contributed by atoms with E-state index in [9.17, 15) is 0 Å². The lowest BCUT2D eigenvalue weighted by molar-refractivity contribution is 0.129. The predicted octanol–water partition coefficient (Wildman–Crippen LogP) is 2.31. The van der Waals surface area contributed by atoms with E-state index < -0.39 is 0 Å². The number of hydrogen-bond acceptors (Lipinski definition) is 2. The van der Waals surface area contributed by atoms with Crippen molar-refractivity contribution < 1.29 is 0 Å². The third-order valence-electron chi connectivity index (χ3n) is 3.70. The summed E-state index contributed by atoms with van der Waals surface area (Å²) in [4.78, 5) is 4.87. The Labute approximate surface area is 95.6 Å². The molecular formula is C13H28N2. The van der Waals surface area contributed by atoms with E-state index in [4.69, 9.17) is 0 Å². The van der Waals surface area contributed by atoms with E-state index >= 15 is 0 Å². The molecule has 0 radical (unpaired) electrons. The molecule has 15 heavy (non-hydrogen) atoms. The Morgan fingerprint density at radius 1 is 1.00 bits per heavy atom. The Balaban J connectivity index is 2.02. The van der Waals surface area contributed by atoms with Crippen LogP contribution in [0.1, 0.15) is 33.1 Å². The van der Waals surface area contributed by atoms with Crippen LogP contribution < -0.4 is 0 Å². The van der Waals surface area contributed by atoms with Gasteiger partial charge in [0.1, 0.15) is 0 Å². The summed E-state index contributed by atoms with van der Waals surface area (Å²) in [5, 5.41) is 0. The van der Waals surface area contributed by atoms with Gasteiger partial charge in [-0.2, -0.15) is 0 Å². The van der Waals surface area contributed by atoms with Crippen molar-refractivity contribution >= 4 is 0 Å². The van der Waals surface area contributed by atoms with Crippen LogP contribution in [0.15, 0.2) is 0 Å². The number of hydrogen-bond donors (Lipinski definition) is 0. The molecule has 0 aromatic heterocycles. The van der Waals surface area contributed by atoms with E-state index in [2.05, 4.69) is 37.7 Å². The van der Waals surface area contributed by atoms with Crippen molar-refractivity contribution in [3.05, 3.63) is 0 Å². The van der Waals surface area contributed by atoms with Gasteiger partial charge < -0.3 is 9.80 Å². The number of rotatable bonds is 7. The molecule has 0 aliphatic heterocycles. The van der Waals surface area contributed by atoms with Crippen molar-refractivity contribution in [3.63, 3.8) is 0 Å². The Morgan fingerprint density at radius 2 is 1.60 bits per heavy atom. The fourth-order valence-corrected chi connectivity index (χ4v) is 2.68. The van der Waals surface area contributed by atoms with Crippen LogP contribution >= 0.6 is 0 Å². The lowest BCUT2D eigenvalue weighted by Gasteiger charge is -2.38. The lowest BCUT2D eigenvalue weighted by Crippen LogP contribution is -2.35. The second kappa shape index (κ2) is 6.49. The van der Waals surface area contributed by atoms with Crippen molar-refractivity contribution in [2.75, 3.05) is 40.3 Å². The van der Waals surface area contributed by atoms with Gasteiger partial charge in [0.15, 0.2) is 0 Å². The van der Waals surface area contributed by atoms with E-state index in [1.165, 1.54) is 45.4 Å². The highest BCUT2D eigenvalue weighted by atomic mass is 15.1. The monoisotopic (exact) mass is 212 g/mol. The molecule has 2 heteroatoms. The molecule has 0 aromatic carbocycles. The molecule has 2 nitrogen and oxygen atoms in total. The molecule has 1 fully saturated rings. The van der Waals surface area contributed by atoms with E-state index in [-0.39, 0.29) is 0 Å². The van der Waals surface area contributed by atoms with Crippen LogP contribution in [0.4, 0.5) is 0 Å². The quantitative estimate of drug-likeness (QED) is 0.639. The first-order chi connectivity index (χ1) is 7.15. The number of nitrogens with zero attached hydrogens (tertiary/aromatic N) is 2. The van der Waals surface area contributed by atoms with Crippen LogP contribution in [0.3, 0.4) is 0 Å². The maximum atomic E-state index is 2.54. The van der Waals surface area contributed by atoms with Crippen LogP contribution in [0.5, 0.6) is 0 Å². The first-order valence-corrected chi connectivity index (χ1v) is 6.52. The molecule has 0 saturated heterocycles. The van der Waals surface area contributed by atoms with Crippen molar-refractivity contribution in [1.82, 2.24) is 9.80 Å². The van der Waals surface area contributed by atoms with Gasteiger partial charge in [0.25, 0.3) is 0 Å². The maximum Gasteiger partial charge on any atom is 0.000376 e. The first kappa shape index (κ1) is 13.0. The minimum absolute atomic E-state index is 0.988. The minimum Gasteiger partial charge on any atom is -0.309 e. The molecule has 0 spiro atoms. The molecule has 1 rings (SSSR count). The molecule has 1 aliphatic rings. The molecule has 90 valence electrons. The van der Waals surface area contributed by atoms with E-state index in [1.807, 2.05) is 0 Å². The lowest BCUT2D eigenvalue weighted by atomic mass is 9.73. The molecule has 0 aromatic rings. The summed E-state index contributed by atoms with van der Waals surface area (Å²) in [6, 6.07) is 0. The summed E-state index contributed by atoms with van der Waals surface area (Å²) in [6.07, 6.45) is 4.37. The van der Waals surface area contributed by atoms with Crippen LogP contribution in [0.2, 0.25) is 0 Å². The summed E-state index contributed by atoms with van der Waals surface area (Å²) >= 11 is 0. The predicted molar refractivity (Wildman–Crippen MR) is 67.2 cm³/mol. The molecule has 0 atom stereocenters. The van der Waals surface area contributed by atoms with E-state index in [1.54, 1.807) is 0 Å². The summed E-state index contributed by atoms with van der Waals surface area (Å²) in [6.45, 7) is 9.56. The van der Waals surface area contributed by atoms with Gasteiger partial charge >= 0.3 is 0 Å². The first-order valence-electron chi connectivity index (χ1n) is 6.52. The normalized spacial score (nSPS) is 26.0. The molecule has 0 unspecified atom stereocenters. The standard InChI is InChI=1S/C13H28N2/c1-5-15(6-2)8-7-12-9-13(10-12)11-14(3)4/h12-13H,5-11H2,1-4H3. The Kier molecular flexibility index (Phi) is 5.62. The van der Waals surface area contributed by atoms with Gasteiger partial charge in [-0.25, -0.2) is 0 Å². The van der Waals surface area contributed by atoms with Gasteiger partial charge in [-0.05, 0) is 64.8 Å². The molecule has 1 aliphatic carbocycles. The molecule has 0 N–H and O–H groups in total. The second-order valence-corrected chi connectivity index (χ2v) is 5.28. The highest BCUT2D eigenvalue weighted by molar-refractivity contribution is 4.81. The molecule has 0 bridgehead atoms. The zero-order valence-electron chi connectivity index (χ0n) is 11.0. The second-order valence-electron chi connectivity index (χ2n) is 5.28. The Morgan fingerprint density at radius 3 is 2.07 bits per heavy atom. The molecule has 1 saturated carbocycles. The van der Waals surface area contributed by atoms with Gasteiger partial charge in [-0.1, -0.05) is 13.8 Å². The highest BCUT2D eigenvalue weighted by Gasteiger charge is 2.28. The van der Waals surface area contributed by atoms with Crippen molar-refractivity contribution in [2.45, 2.75) is 33.1 Å². The van der Waals surface area contributed by atoms with Crippen LogP contribution in [0, 0.1) is 11.8 Å². The highest BCUT2D eigenvalue weighted by Crippen LogP contribution is 2.36. The summed E-state index contributed by atoms with van der Waals surface area (Å²) in [5.74, 6) is 2.01. The smallest absolute Gasteiger partial charge is 0.000376 e. The topological polar surface area (TPSA) is 6.48 Å².